The minimum Gasteiger partial charge on any atom is -0.383 e. The van der Waals surface area contributed by atoms with E-state index in [9.17, 15) is 0 Å². The first-order valence-corrected chi connectivity index (χ1v) is 4.28. The Balaban J connectivity index is 2.84. The highest BCUT2D eigenvalue weighted by Crippen LogP contribution is 2.22. The van der Waals surface area contributed by atoms with Gasteiger partial charge in [0, 0.05) is 5.39 Å². The summed E-state index contributed by atoms with van der Waals surface area (Å²) in [7, 11) is 0. The lowest BCUT2D eigenvalue weighted by Crippen LogP contribution is -1.91. The minimum absolute atomic E-state index is 0.516. The van der Waals surface area contributed by atoms with Crippen molar-refractivity contribution < 1.29 is 0 Å². The Labute approximate surface area is 78.5 Å². The molecule has 0 bridgehead atoms. The fraction of sp³-hybridized carbons (Fsp3) is 0. The van der Waals surface area contributed by atoms with Gasteiger partial charge in [0.2, 0.25) is 0 Å². The number of halogens is 1. The number of nitrogens with zero attached hydrogens (tertiary/aromatic N) is 1. The van der Waals surface area contributed by atoms with Crippen LogP contribution in [0.5, 0.6) is 0 Å². The predicted octanol–water partition coefficient (Wildman–Crippen LogP) is 2.38. The molecule has 1 aromatic heterocycles. The molecule has 0 aliphatic carbocycles. The molecular formula is C9H6BrN2. The van der Waals surface area contributed by atoms with Crippen molar-refractivity contribution in [2.45, 2.75) is 0 Å². The van der Waals surface area contributed by atoms with Gasteiger partial charge < -0.3 is 5.73 Å². The summed E-state index contributed by atoms with van der Waals surface area (Å²) in [6.07, 6.45) is 0. The largest absolute Gasteiger partial charge is 0.383 e. The van der Waals surface area contributed by atoms with Gasteiger partial charge in [0.05, 0.1) is 9.99 Å². The van der Waals surface area contributed by atoms with Crippen LogP contribution in [0, 0.1) is 6.07 Å². The van der Waals surface area contributed by atoms with E-state index in [4.69, 9.17) is 5.73 Å². The maximum Gasteiger partial charge on any atom is 0.138 e. The Morgan fingerprint density at radius 1 is 1.50 bits per heavy atom. The molecule has 1 heterocycles. The molecule has 0 saturated carbocycles. The van der Waals surface area contributed by atoms with Gasteiger partial charge in [-0.25, -0.2) is 4.98 Å². The zero-order chi connectivity index (χ0) is 8.55. The molecule has 0 aliphatic heterocycles. The second-order valence-electron chi connectivity index (χ2n) is 2.47. The first-order chi connectivity index (χ1) is 5.77. The third-order valence-corrected chi connectivity index (χ3v) is 2.28. The summed E-state index contributed by atoms with van der Waals surface area (Å²) in [5.74, 6) is 0.516. The second-order valence-corrected chi connectivity index (χ2v) is 3.33. The molecule has 1 aromatic carbocycles. The van der Waals surface area contributed by atoms with Crippen molar-refractivity contribution in [3.63, 3.8) is 0 Å². The number of fused-ring (bicyclic) bond motifs is 1. The molecule has 2 rings (SSSR count). The summed E-state index contributed by atoms with van der Waals surface area (Å²) in [6.45, 7) is 0. The Morgan fingerprint density at radius 3 is 3.17 bits per heavy atom. The van der Waals surface area contributed by atoms with E-state index in [1.165, 1.54) is 0 Å². The standard InChI is InChI=1S/C9H6BrN2/c10-7-5-6-3-1-2-4-8(6)12-9(7)11/h1,3-5H,(H2,11,12). The van der Waals surface area contributed by atoms with Gasteiger partial charge in [0.15, 0.2) is 0 Å². The molecule has 0 saturated heterocycles. The van der Waals surface area contributed by atoms with Crippen LogP contribution >= 0.6 is 15.9 Å². The van der Waals surface area contributed by atoms with Crippen molar-refractivity contribution in [2.24, 2.45) is 0 Å². The maximum atomic E-state index is 5.61. The van der Waals surface area contributed by atoms with Gasteiger partial charge in [-0.3, -0.25) is 0 Å². The van der Waals surface area contributed by atoms with Crippen molar-refractivity contribution in [2.75, 3.05) is 5.73 Å². The topological polar surface area (TPSA) is 38.9 Å². The van der Waals surface area contributed by atoms with Crippen molar-refractivity contribution >= 4 is 32.7 Å². The summed E-state index contributed by atoms with van der Waals surface area (Å²) in [4.78, 5) is 4.17. The lowest BCUT2D eigenvalue weighted by molar-refractivity contribution is 1.39. The molecule has 0 fully saturated rings. The van der Waals surface area contributed by atoms with Crippen LogP contribution in [0.4, 0.5) is 5.82 Å². The number of anilines is 1. The first kappa shape index (κ1) is 7.55. The Bertz CT molecular complexity index is 385. The van der Waals surface area contributed by atoms with E-state index in [-0.39, 0.29) is 0 Å². The quantitative estimate of drug-likeness (QED) is 0.743. The first-order valence-electron chi connectivity index (χ1n) is 3.49. The highest BCUT2D eigenvalue weighted by molar-refractivity contribution is 9.10. The molecule has 59 valence electrons. The van der Waals surface area contributed by atoms with Crippen LogP contribution in [0.3, 0.4) is 0 Å². The normalized spacial score (nSPS) is 10.4. The predicted molar refractivity (Wildman–Crippen MR) is 52.7 cm³/mol. The van der Waals surface area contributed by atoms with E-state index in [0.29, 0.717) is 5.82 Å². The molecular weight excluding hydrogens is 216 g/mol. The van der Waals surface area contributed by atoms with E-state index in [1.807, 2.05) is 24.3 Å². The summed E-state index contributed by atoms with van der Waals surface area (Å²) in [5, 5.41) is 1.06. The fourth-order valence-electron chi connectivity index (χ4n) is 1.05. The number of benzene rings is 1. The van der Waals surface area contributed by atoms with Gasteiger partial charge in [0.1, 0.15) is 5.82 Å². The van der Waals surface area contributed by atoms with Crippen molar-refractivity contribution in [3.05, 3.63) is 34.8 Å². The molecule has 2 nitrogen and oxygen atoms in total. The third-order valence-electron chi connectivity index (χ3n) is 1.64. The zero-order valence-corrected chi connectivity index (χ0v) is 7.80. The number of pyridine rings is 1. The SMILES string of the molecule is Nc1nc2c[c]ccc2cc1Br. The second kappa shape index (κ2) is 2.75. The summed E-state index contributed by atoms with van der Waals surface area (Å²) >= 11 is 3.32. The van der Waals surface area contributed by atoms with Gasteiger partial charge in [-0.2, -0.15) is 0 Å². The molecule has 0 aliphatic rings. The van der Waals surface area contributed by atoms with Crippen LogP contribution in [0.15, 0.2) is 28.7 Å². The van der Waals surface area contributed by atoms with Crippen molar-refractivity contribution in [1.29, 1.82) is 0 Å². The zero-order valence-electron chi connectivity index (χ0n) is 6.21. The molecule has 0 unspecified atom stereocenters. The minimum atomic E-state index is 0.516. The lowest BCUT2D eigenvalue weighted by Gasteiger charge is -1.99. The average molecular weight is 222 g/mol. The van der Waals surface area contributed by atoms with Crippen LogP contribution in [-0.2, 0) is 0 Å². The number of nitrogens with two attached hydrogens (primary N) is 1. The van der Waals surface area contributed by atoms with E-state index in [0.717, 1.165) is 15.4 Å². The van der Waals surface area contributed by atoms with Gasteiger partial charge in [0.25, 0.3) is 0 Å². The summed E-state index contributed by atoms with van der Waals surface area (Å²) in [6, 6.07) is 10.5. The van der Waals surface area contributed by atoms with Crippen LogP contribution in [-0.4, -0.2) is 4.98 Å². The number of aromatic nitrogens is 1. The number of nitrogen functional groups attached to an aromatic ring is 1. The van der Waals surface area contributed by atoms with Gasteiger partial charge >= 0.3 is 0 Å². The average Bonchev–Trinajstić information content (AvgIpc) is 2.07. The molecule has 0 amide bonds. The molecule has 3 heteroatoms. The van der Waals surface area contributed by atoms with E-state index in [2.05, 4.69) is 27.0 Å². The Morgan fingerprint density at radius 2 is 2.33 bits per heavy atom. The van der Waals surface area contributed by atoms with Crippen LogP contribution in [0.25, 0.3) is 10.9 Å². The van der Waals surface area contributed by atoms with Gasteiger partial charge in [-0.15, -0.1) is 0 Å². The molecule has 2 aromatic rings. The van der Waals surface area contributed by atoms with E-state index < -0.39 is 0 Å². The molecule has 2 N–H and O–H groups in total. The molecule has 12 heavy (non-hydrogen) atoms. The Hall–Kier alpha value is -1.09. The molecule has 1 radical (unpaired) electrons. The monoisotopic (exact) mass is 221 g/mol. The number of rotatable bonds is 0. The third kappa shape index (κ3) is 1.16. The maximum absolute atomic E-state index is 5.61. The summed E-state index contributed by atoms with van der Waals surface area (Å²) in [5.41, 5.74) is 6.49. The summed E-state index contributed by atoms with van der Waals surface area (Å²) < 4.78 is 0.834. The van der Waals surface area contributed by atoms with Crippen LogP contribution in [0.1, 0.15) is 0 Å². The molecule has 0 atom stereocenters. The van der Waals surface area contributed by atoms with E-state index >= 15 is 0 Å². The molecule has 0 spiro atoms. The van der Waals surface area contributed by atoms with Crippen LogP contribution in [0.2, 0.25) is 0 Å². The van der Waals surface area contributed by atoms with Gasteiger partial charge in [-0.1, -0.05) is 12.1 Å². The Kier molecular flexibility index (Phi) is 1.73. The van der Waals surface area contributed by atoms with Gasteiger partial charge in [-0.05, 0) is 34.1 Å². The van der Waals surface area contributed by atoms with Crippen LogP contribution < -0.4 is 5.73 Å². The van der Waals surface area contributed by atoms with Crippen molar-refractivity contribution in [3.8, 4) is 0 Å². The smallest absolute Gasteiger partial charge is 0.138 e. The highest BCUT2D eigenvalue weighted by atomic mass is 79.9. The fourth-order valence-corrected chi connectivity index (χ4v) is 1.38. The highest BCUT2D eigenvalue weighted by Gasteiger charge is 1.98. The van der Waals surface area contributed by atoms with Crippen molar-refractivity contribution in [1.82, 2.24) is 4.98 Å². The number of hydrogen-bond acceptors (Lipinski definition) is 2. The number of hydrogen-bond donors (Lipinski definition) is 1. The van der Waals surface area contributed by atoms with E-state index in [1.54, 1.807) is 0 Å². The lowest BCUT2D eigenvalue weighted by atomic mass is 10.2.